The molecule has 1 unspecified atom stereocenters. The number of hydrogen-bond donors (Lipinski definition) is 2. The van der Waals surface area contributed by atoms with Gasteiger partial charge < -0.3 is 5.32 Å². The van der Waals surface area contributed by atoms with Gasteiger partial charge in [-0.1, -0.05) is 30.3 Å². The van der Waals surface area contributed by atoms with Crippen LogP contribution >= 0.6 is 0 Å². The molecule has 6 heteroatoms. The van der Waals surface area contributed by atoms with Crippen LogP contribution in [-0.2, 0) is 11.2 Å². The average molecular weight is 335 g/mol. The predicted molar refractivity (Wildman–Crippen MR) is 98.1 cm³/mol. The van der Waals surface area contributed by atoms with Crippen molar-refractivity contribution in [2.45, 2.75) is 12.5 Å². The molecular formula is C19H21N5O. The van der Waals surface area contributed by atoms with Crippen LogP contribution in [0.5, 0.6) is 0 Å². The minimum atomic E-state index is -0.239. The van der Waals surface area contributed by atoms with E-state index < -0.39 is 0 Å². The number of rotatable bonds is 6. The van der Waals surface area contributed by atoms with Gasteiger partial charge in [-0.15, -0.1) is 0 Å². The second-order valence-corrected chi connectivity index (χ2v) is 6.07. The van der Waals surface area contributed by atoms with E-state index >= 15 is 0 Å². The number of likely N-dealkylation sites (N-methyl/N-ethyl adjacent to an activating group) is 1. The molecule has 1 amide bonds. The first kappa shape index (κ1) is 16.9. The van der Waals surface area contributed by atoms with Crippen molar-refractivity contribution in [3.8, 4) is 11.4 Å². The van der Waals surface area contributed by atoms with E-state index in [0.717, 1.165) is 16.8 Å². The molecule has 6 nitrogen and oxygen atoms in total. The molecule has 0 saturated heterocycles. The fourth-order valence-electron chi connectivity index (χ4n) is 2.63. The minimum absolute atomic E-state index is 0.0266. The summed E-state index contributed by atoms with van der Waals surface area (Å²) in [5.74, 6) is 0.675. The van der Waals surface area contributed by atoms with Gasteiger partial charge in [-0.25, -0.2) is 4.98 Å². The maximum atomic E-state index is 12.7. The molecule has 0 aliphatic heterocycles. The first-order valence-electron chi connectivity index (χ1n) is 8.10. The third-order valence-electron chi connectivity index (χ3n) is 4.04. The summed E-state index contributed by atoms with van der Waals surface area (Å²) in [5, 5.41) is 9.65. The summed E-state index contributed by atoms with van der Waals surface area (Å²) < 4.78 is 0. The summed E-state index contributed by atoms with van der Waals surface area (Å²) in [6.07, 6.45) is 2.13. The largest absolute Gasteiger partial charge is 0.325 e. The highest BCUT2D eigenvalue weighted by Gasteiger charge is 2.21. The lowest BCUT2D eigenvalue weighted by atomic mass is 10.0. The molecule has 1 heterocycles. The van der Waals surface area contributed by atoms with Crippen molar-refractivity contribution in [2.75, 3.05) is 19.4 Å². The Morgan fingerprint density at radius 1 is 1.12 bits per heavy atom. The van der Waals surface area contributed by atoms with Crippen molar-refractivity contribution in [3.63, 3.8) is 0 Å². The molecule has 0 aliphatic rings. The Hall–Kier alpha value is -2.99. The summed E-state index contributed by atoms with van der Waals surface area (Å²) in [6.45, 7) is 0. The third-order valence-corrected chi connectivity index (χ3v) is 4.04. The SMILES string of the molecule is CN(C)C(Cc1ccccc1)C(=O)Nc1ccc(-c2ncn[nH]2)cc1. The lowest BCUT2D eigenvalue weighted by Gasteiger charge is -2.23. The Bertz CT molecular complexity index is 798. The van der Waals surface area contributed by atoms with E-state index in [-0.39, 0.29) is 11.9 Å². The molecule has 1 atom stereocenters. The van der Waals surface area contributed by atoms with Crippen LogP contribution in [0, 0.1) is 0 Å². The van der Waals surface area contributed by atoms with E-state index in [1.54, 1.807) is 0 Å². The zero-order valence-corrected chi connectivity index (χ0v) is 14.3. The van der Waals surface area contributed by atoms with E-state index in [1.165, 1.54) is 6.33 Å². The van der Waals surface area contributed by atoms with Gasteiger partial charge in [-0.3, -0.25) is 14.8 Å². The summed E-state index contributed by atoms with van der Waals surface area (Å²) in [6, 6.07) is 17.3. The number of hydrogen-bond acceptors (Lipinski definition) is 4. The molecule has 3 rings (SSSR count). The summed E-state index contributed by atoms with van der Waals surface area (Å²) in [5.41, 5.74) is 2.81. The van der Waals surface area contributed by atoms with E-state index in [0.29, 0.717) is 12.2 Å². The predicted octanol–water partition coefficient (Wildman–Crippen LogP) is 2.58. The molecular weight excluding hydrogens is 314 g/mol. The van der Waals surface area contributed by atoms with Crippen molar-refractivity contribution in [1.82, 2.24) is 20.1 Å². The summed E-state index contributed by atoms with van der Waals surface area (Å²) in [7, 11) is 3.83. The van der Waals surface area contributed by atoms with Gasteiger partial charge in [0.2, 0.25) is 5.91 Å². The Kier molecular flexibility index (Phi) is 5.20. The molecule has 0 radical (unpaired) electrons. The van der Waals surface area contributed by atoms with Crippen LogP contribution in [0.15, 0.2) is 60.9 Å². The smallest absolute Gasteiger partial charge is 0.242 e. The zero-order valence-electron chi connectivity index (χ0n) is 14.3. The van der Waals surface area contributed by atoms with Crippen LogP contribution in [0.3, 0.4) is 0 Å². The molecule has 0 bridgehead atoms. The number of carbonyl (C=O) groups is 1. The van der Waals surface area contributed by atoms with Gasteiger partial charge in [0.05, 0.1) is 6.04 Å². The lowest BCUT2D eigenvalue weighted by molar-refractivity contribution is -0.120. The van der Waals surface area contributed by atoms with E-state index in [9.17, 15) is 4.79 Å². The number of benzene rings is 2. The molecule has 1 aromatic heterocycles. The van der Waals surface area contributed by atoms with Gasteiger partial charge in [0.15, 0.2) is 5.82 Å². The lowest BCUT2D eigenvalue weighted by Crippen LogP contribution is -2.41. The number of carbonyl (C=O) groups excluding carboxylic acids is 1. The van der Waals surface area contributed by atoms with E-state index in [1.807, 2.05) is 73.6 Å². The Morgan fingerprint density at radius 3 is 2.44 bits per heavy atom. The molecule has 0 saturated carbocycles. The Morgan fingerprint density at radius 2 is 1.84 bits per heavy atom. The maximum Gasteiger partial charge on any atom is 0.242 e. The highest BCUT2D eigenvalue weighted by Crippen LogP contribution is 2.18. The molecule has 2 aromatic carbocycles. The van der Waals surface area contributed by atoms with Gasteiger partial charge in [0.1, 0.15) is 6.33 Å². The minimum Gasteiger partial charge on any atom is -0.325 e. The van der Waals surface area contributed by atoms with Gasteiger partial charge in [0, 0.05) is 11.3 Å². The van der Waals surface area contributed by atoms with Gasteiger partial charge in [0.25, 0.3) is 0 Å². The highest BCUT2D eigenvalue weighted by molar-refractivity contribution is 5.95. The molecule has 2 N–H and O–H groups in total. The Labute approximate surface area is 146 Å². The first-order valence-corrected chi connectivity index (χ1v) is 8.10. The number of nitrogens with one attached hydrogen (secondary N) is 2. The first-order chi connectivity index (χ1) is 12.1. The number of anilines is 1. The molecule has 3 aromatic rings. The van der Waals surface area contributed by atoms with Crippen molar-refractivity contribution < 1.29 is 4.79 Å². The number of H-pyrrole nitrogens is 1. The van der Waals surface area contributed by atoms with Crippen molar-refractivity contribution in [3.05, 3.63) is 66.5 Å². The number of aromatic nitrogens is 3. The number of amides is 1. The van der Waals surface area contributed by atoms with Crippen LogP contribution in [-0.4, -0.2) is 46.1 Å². The van der Waals surface area contributed by atoms with Crippen molar-refractivity contribution in [2.24, 2.45) is 0 Å². The highest BCUT2D eigenvalue weighted by atomic mass is 16.2. The Balaban J connectivity index is 1.68. The van der Waals surface area contributed by atoms with Crippen LogP contribution < -0.4 is 5.32 Å². The second kappa shape index (κ2) is 7.72. The molecule has 0 spiro atoms. The topological polar surface area (TPSA) is 73.9 Å². The van der Waals surface area contributed by atoms with Gasteiger partial charge in [-0.05, 0) is 50.3 Å². The number of nitrogens with zero attached hydrogens (tertiary/aromatic N) is 3. The van der Waals surface area contributed by atoms with Crippen molar-refractivity contribution in [1.29, 1.82) is 0 Å². The normalized spacial score (nSPS) is 12.1. The summed E-state index contributed by atoms with van der Waals surface area (Å²) in [4.78, 5) is 18.7. The van der Waals surface area contributed by atoms with Gasteiger partial charge >= 0.3 is 0 Å². The van der Waals surface area contributed by atoms with E-state index in [2.05, 4.69) is 20.5 Å². The fraction of sp³-hybridized carbons (Fsp3) is 0.211. The third kappa shape index (κ3) is 4.30. The monoisotopic (exact) mass is 335 g/mol. The quantitative estimate of drug-likeness (QED) is 0.726. The zero-order chi connectivity index (χ0) is 17.6. The second-order valence-electron chi connectivity index (χ2n) is 6.07. The molecule has 25 heavy (non-hydrogen) atoms. The molecule has 0 fully saturated rings. The van der Waals surface area contributed by atoms with E-state index in [4.69, 9.17) is 0 Å². The van der Waals surface area contributed by atoms with Crippen LogP contribution in [0.25, 0.3) is 11.4 Å². The van der Waals surface area contributed by atoms with Crippen LogP contribution in [0.1, 0.15) is 5.56 Å². The fourth-order valence-corrected chi connectivity index (χ4v) is 2.63. The maximum absolute atomic E-state index is 12.7. The van der Waals surface area contributed by atoms with Crippen LogP contribution in [0.4, 0.5) is 5.69 Å². The van der Waals surface area contributed by atoms with Gasteiger partial charge in [-0.2, -0.15) is 5.10 Å². The molecule has 128 valence electrons. The molecule has 0 aliphatic carbocycles. The standard InChI is InChI=1S/C19H21N5O/c1-24(2)17(12-14-6-4-3-5-7-14)19(25)22-16-10-8-15(9-11-16)18-20-13-21-23-18/h3-11,13,17H,12H2,1-2H3,(H,22,25)(H,20,21,23). The van der Waals surface area contributed by atoms with Crippen LogP contribution in [0.2, 0.25) is 0 Å². The number of aromatic amines is 1. The van der Waals surface area contributed by atoms with Crippen molar-refractivity contribution >= 4 is 11.6 Å². The average Bonchev–Trinajstić information content (AvgIpc) is 3.15. The summed E-state index contributed by atoms with van der Waals surface area (Å²) >= 11 is 0.